The van der Waals surface area contributed by atoms with Crippen LogP contribution in [0.1, 0.15) is 49.4 Å². The summed E-state index contributed by atoms with van der Waals surface area (Å²) in [5, 5.41) is 5.22. The average molecular weight is 470 g/mol. The highest BCUT2D eigenvalue weighted by atomic mass is 79.9. The molecule has 0 radical (unpaired) electrons. The van der Waals surface area contributed by atoms with Crippen molar-refractivity contribution in [1.82, 2.24) is 5.32 Å². The molecule has 0 aliphatic heterocycles. The van der Waals surface area contributed by atoms with E-state index in [2.05, 4.69) is 41.2 Å². The molecule has 1 N–H and O–H groups in total. The summed E-state index contributed by atoms with van der Waals surface area (Å²) < 4.78 is 12.2. The normalized spacial score (nSPS) is 12.1. The maximum atomic E-state index is 12.6. The fourth-order valence-corrected chi connectivity index (χ4v) is 4.25. The number of ether oxygens (including phenoxy) is 2. The van der Waals surface area contributed by atoms with Gasteiger partial charge < -0.3 is 14.8 Å². The zero-order valence-electron chi connectivity index (χ0n) is 18.1. The first-order valence-electron chi connectivity index (χ1n) is 10.1. The Morgan fingerprint density at radius 2 is 1.77 bits per heavy atom. The van der Waals surface area contributed by atoms with Gasteiger partial charge in [0.15, 0.2) is 6.61 Å². The van der Waals surface area contributed by atoms with Gasteiger partial charge in [0.1, 0.15) is 11.5 Å². The van der Waals surface area contributed by atoms with Crippen LogP contribution < -0.4 is 14.8 Å². The van der Waals surface area contributed by atoms with Gasteiger partial charge in [-0.1, -0.05) is 44.2 Å². The van der Waals surface area contributed by atoms with E-state index in [0.717, 1.165) is 37.7 Å². The van der Waals surface area contributed by atoms with E-state index in [-0.39, 0.29) is 18.6 Å². The van der Waals surface area contributed by atoms with Crippen LogP contribution in [0.3, 0.4) is 0 Å². The lowest BCUT2D eigenvalue weighted by atomic mass is 9.93. The standard InChI is InChI=1S/C25H28BrNO3/c1-15(2)20-13-21(16(3)12-23(20)29-5)17(4)27-24(28)14-30-22-11-10-18-8-6-7-9-19(18)25(22)26/h6-13,15,17H,14H2,1-5H3,(H,27,28)/t17-/m0/s1. The summed E-state index contributed by atoms with van der Waals surface area (Å²) in [5.41, 5.74) is 3.30. The molecule has 3 aromatic rings. The van der Waals surface area contributed by atoms with Crippen molar-refractivity contribution in [2.24, 2.45) is 0 Å². The third kappa shape index (κ3) is 4.78. The smallest absolute Gasteiger partial charge is 0.258 e. The summed E-state index contributed by atoms with van der Waals surface area (Å²) >= 11 is 3.60. The highest BCUT2D eigenvalue weighted by Crippen LogP contribution is 2.34. The van der Waals surface area contributed by atoms with Gasteiger partial charge in [-0.2, -0.15) is 0 Å². The minimum atomic E-state index is -0.163. The topological polar surface area (TPSA) is 47.6 Å². The number of methoxy groups -OCH3 is 1. The van der Waals surface area contributed by atoms with Gasteiger partial charge in [0.05, 0.1) is 17.6 Å². The van der Waals surface area contributed by atoms with Crippen molar-refractivity contribution in [3.8, 4) is 11.5 Å². The highest BCUT2D eigenvalue weighted by Gasteiger charge is 2.17. The van der Waals surface area contributed by atoms with Crippen molar-refractivity contribution in [3.05, 3.63) is 69.7 Å². The number of hydrogen-bond acceptors (Lipinski definition) is 3. The molecule has 5 heteroatoms. The number of aryl methyl sites for hydroxylation is 1. The molecule has 0 heterocycles. The van der Waals surface area contributed by atoms with Crippen LogP contribution in [-0.2, 0) is 4.79 Å². The van der Waals surface area contributed by atoms with E-state index in [1.54, 1.807) is 7.11 Å². The number of benzene rings is 3. The molecule has 3 rings (SSSR count). The summed E-state index contributed by atoms with van der Waals surface area (Å²) in [5.74, 6) is 1.70. The van der Waals surface area contributed by atoms with Crippen LogP contribution in [0.2, 0.25) is 0 Å². The predicted octanol–water partition coefficient (Wildman–Crippen LogP) is 6.30. The zero-order chi connectivity index (χ0) is 21.8. The minimum Gasteiger partial charge on any atom is -0.496 e. The van der Waals surface area contributed by atoms with Gasteiger partial charge >= 0.3 is 0 Å². The molecule has 0 saturated carbocycles. The van der Waals surface area contributed by atoms with Crippen molar-refractivity contribution < 1.29 is 14.3 Å². The van der Waals surface area contributed by atoms with Gasteiger partial charge in [-0.3, -0.25) is 4.79 Å². The van der Waals surface area contributed by atoms with E-state index >= 15 is 0 Å². The first kappa shape index (κ1) is 22.2. The molecular weight excluding hydrogens is 442 g/mol. The fraction of sp³-hybridized carbons (Fsp3) is 0.320. The van der Waals surface area contributed by atoms with E-state index in [1.807, 2.05) is 56.3 Å². The van der Waals surface area contributed by atoms with Crippen LogP contribution in [0.4, 0.5) is 0 Å². The van der Waals surface area contributed by atoms with E-state index in [1.165, 1.54) is 0 Å². The Labute approximate surface area is 186 Å². The Kier molecular flexibility index (Phi) is 7.03. The van der Waals surface area contributed by atoms with Crippen LogP contribution in [-0.4, -0.2) is 19.6 Å². The van der Waals surface area contributed by atoms with Crippen LogP contribution in [0.25, 0.3) is 10.8 Å². The predicted molar refractivity (Wildman–Crippen MR) is 126 cm³/mol. The SMILES string of the molecule is COc1cc(C)c([C@H](C)NC(=O)COc2ccc3ccccc3c2Br)cc1C(C)C. The minimum absolute atomic E-state index is 0.0481. The number of fused-ring (bicyclic) bond motifs is 1. The lowest BCUT2D eigenvalue weighted by Crippen LogP contribution is -2.31. The summed E-state index contributed by atoms with van der Waals surface area (Å²) in [4.78, 5) is 12.6. The summed E-state index contributed by atoms with van der Waals surface area (Å²) in [6.45, 7) is 8.24. The molecular formula is C25H28BrNO3. The largest absolute Gasteiger partial charge is 0.496 e. The molecule has 1 atom stereocenters. The van der Waals surface area contributed by atoms with Crippen molar-refractivity contribution in [3.63, 3.8) is 0 Å². The molecule has 0 aliphatic carbocycles. The van der Waals surface area contributed by atoms with Crippen LogP contribution >= 0.6 is 15.9 Å². The highest BCUT2D eigenvalue weighted by molar-refractivity contribution is 9.10. The summed E-state index contributed by atoms with van der Waals surface area (Å²) in [7, 11) is 1.69. The van der Waals surface area contributed by atoms with Gasteiger partial charge in [0, 0.05) is 0 Å². The van der Waals surface area contributed by atoms with Gasteiger partial charge in [0.2, 0.25) is 0 Å². The third-order valence-electron chi connectivity index (χ3n) is 5.27. The Bertz CT molecular complexity index is 1060. The van der Waals surface area contributed by atoms with Crippen molar-refractivity contribution >= 4 is 32.6 Å². The molecule has 0 spiro atoms. The third-order valence-corrected chi connectivity index (χ3v) is 6.09. The first-order chi connectivity index (χ1) is 14.3. The molecule has 0 bridgehead atoms. The van der Waals surface area contributed by atoms with Crippen molar-refractivity contribution in [2.75, 3.05) is 13.7 Å². The number of rotatable bonds is 7. The molecule has 4 nitrogen and oxygen atoms in total. The maximum Gasteiger partial charge on any atom is 0.258 e. The van der Waals surface area contributed by atoms with E-state index in [4.69, 9.17) is 9.47 Å². The number of hydrogen-bond donors (Lipinski definition) is 1. The molecule has 0 saturated heterocycles. The number of carbonyl (C=O) groups is 1. The van der Waals surface area contributed by atoms with Gasteiger partial charge in [-0.05, 0) is 81.4 Å². The maximum absolute atomic E-state index is 12.6. The van der Waals surface area contributed by atoms with E-state index < -0.39 is 0 Å². The quantitative estimate of drug-likeness (QED) is 0.441. The summed E-state index contributed by atoms with van der Waals surface area (Å²) in [6, 6.07) is 15.9. The molecule has 0 unspecified atom stereocenters. The lowest BCUT2D eigenvalue weighted by molar-refractivity contribution is -0.123. The van der Waals surface area contributed by atoms with Gasteiger partial charge in [-0.15, -0.1) is 0 Å². The van der Waals surface area contributed by atoms with Crippen LogP contribution in [0, 0.1) is 6.92 Å². The van der Waals surface area contributed by atoms with Crippen LogP contribution in [0.5, 0.6) is 11.5 Å². The zero-order valence-corrected chi connectivity index (χ0v) is 19.7. The molecule has 0 aliphatic rings. The average Bonchev–Trinajstić information content (AvgIpc) is 2.72. The Balaban J connectivity index is 1.69. The molecule has 0 fully saturated rings. The molecule has 158 valence electrons. The Hall–Kier alpha value is -2.53. The molecule has 30 heavy (non-hydrogen) atoms. The number of halogens is 1. The molecule has 0 aromatic heterocycles. The fourth-order valence-electron chi connectivity index (χ4n) is 3.64. The number of nitrogens with one attached hydrogen (secondary N) is 1. The number of carbonyl (C=O) groups excluding carboxylic acids is 1. The van der Waals surface area contributed by atoms with E-state index in [0.29, 0.717) is 11.7 Å². The van der Waals surface area contributed by atoms with Crippen molar-refractivity contribution in [1.29, 1.82) is 0 Å². The molecule has 1 amide bonds. The second-order valence-electron chi connectivity index (χ2n) is 7.78. The van der Waals surface area contributed by atoms with Gasteiger partial charge in [-0.25, -0.2) is 0 Å². The Morgan fingerprint density at radius 1 is 1.03 bits per heavy atom. The monoisotopic (exact) mass is 469 g/mol. The van der Waals surface area contributed by atoms with Crippen LogP contribution in [0.15, 0.2) is 53.0 Å². The Morgan fingerprint density at radius 3 is 2.47 bits per heavy atom. The number of amides is 1. The first-order valence-corrected chi connectivity index (χ1v) is 10.9. The van der Waals surface area contributed by atoms with Crippen molar-refractivity contribution in [2.45, 2.75) is 39.7 Å². The summed E-state index contributed by atoms with van der Waals surface area (Å²) in [6.07, 6.45) is 0. The second-order valence-corrected chi connectivity index (χ2v) is 8.58. The second kappa shape index (κ2) is 9.52. The lowest BCUT2D eigenvalue weighted by Gasteiger charge is -2.21. The van der Waals surface area contributed by atoms with Gasteiger partial charge in [0.25, 0.3) is 5.91 Å². The molecule has 3 aromatic carbocycles. The van der Waals surface area contributed by atoms with E-state index in [9.17, 15) is 4.79 Å².